The number of nitrogens with zero attached hydrogens (tertiary/aromatic N) is 3. The summed E-state index contributed by atoms with van der Waals surface area (Å²) >= 11 is 12.8. The van der Waals surface area contributed by atoms with Crippen LogP contribution in [0.1, 0.15) is 81.0 Å². The fourth-order valence-corrected chi connectivity index (χ4v) is 5.97. The largest absolute Gasteiger partial charge is 0.452 e. The molecule has 2 aromatic rings. The van der Waals surface area contributed by atoms with Crippen molar-refractivity contribution in [3.8, 4) is 0 Å². The lowest BCUT2D eigenvalue weighted by Crippen LogP contribution is -2.50. The molecule has 36 heavy (non-hydrogen) atoms. The normalized spacial score (nSPS) is 17.4. The average molecular weight is 533 g/mol. The topological polar surface area (TPSA) is 64.4 Å². The van der Waals surface area contributed by atoms with E-state index in [4.69, 9.17) is 27.9 Å². The second-order valence-corrected chi connectivity index (χ2v) is 10.6. The number of aryl methyl sites for hydroxylation is 1. The molecule has 2 aliphatic rings. The highest BCUT2D eigenvalue weighted by Crippen LogP contribution is 2.30. The fourth-order valence-electron chi connectivity index (χ4n) is 5.48. The molecule has 6 nitrogen and oxygen atoms in total. The van der Waals surface area contributed by atoms with Gasteiger partial charge in [-0.2, -0.15) is 5.10 Å². The van der Waals surface area contributed by atoms with Crippen LogP contribution in [0.15, 0.2) is 30.3 Å². The molecule has 1 heterocycles. The minimum absolute atomic E-state index is 0.0719. The number of benzene rings is 1. The molecule has 2 aliphatic carbocycles. The van der Waals surface area contributed by atoms with Gasteiger partial charge in [-0.3, -0.25) is 4.79 Å². The fraction of sp³-hybridized carbons (Fsp3) is 0.536. The molecule has 0 unspecified atom stereocenters. The van der Waals surface area contributed by atoms with Crippen LogP contribution in [0.5, 0.6) is 0 Å². The molecule has 194 valence electrons. The summed E-state index contributed by atoms with van der Waals surface area (Å²) in [6, 6.07) is 8.07. The molecular weight excluding hydrogens is 497 g/mol. The predicted octanol–water partition coefficient (Wildman–Crippen LogP) is 6.60. The van der Waals surface area contributed by atoms with Gasteiger partial charge >= 0.3 is 5.97 Å². The second kappa shape index (κ2) is 12.8. The van der Waals surface area contributed by atoms with Crippen molar-refractivity contribution in [1.29, 1.82) is 0 Å². The highest BCUT2D eigenvalue weighted by molar-refractivity contribution is 6.32. The molecular formula is C28H35Cl2N3O3. The van der Waals surface area contributed by atoms with Crippen LogP contribution in [0.4, 0.5) is 0 Å². The third kappa shape index (κ3) is 6.71. The lowest BCUT2D eigenvalue weighted by atomic mass is 9.88. The minimum Gasteiger partial charge on any atom is -0.452 e. The number of rotatable bonds is 8. The Labute approximate surface area is 223 Å². The minimum atomic E-state index is -0.565. The summed E-state index contributed by atoms with van der Waals surface area (Å²) in [5.41, 5.74) is 2.23. The molecule has 1 aromatic carbocycles. The van der Waals surface area contributed by atoms with Gasteiger partial charge in [-0.15, -0.1) is 0 Å². The molecule has 0 radical (unpaired) electrons. The van der Waals surface area contributed by atoms with E-state index < -0.39 is 5.97 Å². The van der Waals surface area contributed by atoms with Crippen LogP contribution in [0.25, 0.3) is 6.08 Å². The van der Waals surface area contributed by atoms with E-state index in [9.17, 15) is 9.59 Å². The van der Waals surface area contributed by atoms with E-state index in [-0.39, 0.29) is 24.6 Å². The third-order valence-electron chi connectivity index (χ3n) is 7.34. The Bertz CT molecular complexity index is 1070. The Morgan fingerprint density at radius 2 is 1.64 bits per heavy atom. The summed E-state index contributed by atoms with van der Waals surface area (Å²) in [5.74, 6) is -0.637. The first-order valence-electron chi connectivity index (χ1n) is 13.1. The summed E-state index contributed by atoms with van der Waals surface area (Å²) in [6.07, 6.45) is 14.2. The molecule has 0 N–H and O–H groups in total. The molecule has 2 saturated carbocycles. The van der Waals surface area contributed by atoms with Gasteiger partial charge < -0.3 is 9.64 Å². The Morgan fingerprint density at radius 1 is 1.03 bits per heavy atom. The monoisotopic (exact) mass is 531 g/mol. The van der Waals surface area contributed by atoms with E-state index in [0.717, 1.165) is 56.9 Å². The van der Waals surface area contributed by atoms with Crippen molar-refractivity contribution in [3.05, 3.63) is 57.3 Å². The maximum Gasteiger partial charge on any atom is 0.331 e. The van der Waals surface area contributed by atoms with Gasteiger partial charge in [-0.25, -0.2) is 9.48 Å². The molecule has 1 amide bonds. The van der Waals surface area contributed by atoms with E-state index in [1.54, 1.807) is 10.8 Å². The quantitative estimate of drug-likeness (QED) is 0.284. The maximum absolute atomic E-state index is 13.2. The van der Waals surface area contributed by atoms with Crippen LogP contribution in [-0.4, -0.2) is 45.2 Å². The summed E-state index contributed by atoms with van der Waals surface area (Å²) in [4.78, 5) is 27.8. The highest BCUT2D eigenvalue weighted by atomic mass is 35.5. The van der Waals surface area contributed by atoms with Crippen molar-refractivity contribution >= 4 is 41.2 Å². The Morgan fingerprint density at radius 3 is 2.25 bits per heavy atom. The first kappa shape index (κ1) is 26.7. The van der Waals surface area contributed by atoms with Gasteiger partial charge in [-0.1, -0.05) is 79.9 Å². The summed E-state index contributed by atoms with van der Waals surface area (Å²) in [5, 5.41) is 5.54. The van der Waals surface area contributed by atoms with Gasteiger partial charge in [0.05, 0.1) is 12.2 Å². The van der Waals surface area contributed by atoms with Crippen LogP contribution in [0.3, 0.4) is 0 Å². The van der Waals surface area contributed by atoms with Crippen molar-refractivity contribution in [1.82, 2.24) is 14.7 Å². The number of ether oxygens (including phenoxy) is 1. The zero-order chi connectivity index (χ0) is 25.5. The van der Waals surface area contributed by atoms with Gasteiger partial charge in [0.25, 0.3) is 5.91 Å². The van der Waals surface area contributed by atoms with Crippen LogP contribution in [-0.2, 0) is 20.9 Å². The van der Waals surface area contributed by atoms with Crippen molar-refractivity contribution in [2.24, 2.45) is 0 Å². The summed E-state index contributed by atoms with van der Waals surface area (Å²) in [7, 11) is 0. The lowest BCUT2D eigenvalue weighted by molar-refractivity contribution is -0.152. The van der Waals surface area contributed by atoms with Crippen molar-refractivity contribution in [2.45, 2.75) is 89.8 Å². The number of carbonyl (C=O) groups is 2. The molecule has 0 spiro atoms. The number of halogens is 2. The maximum atomic E-state index is 13.2. The highest BCUT2D eigenvalue weighted by Gasteiger charge is 2.32. The Kier molecular flexibility index (Phi) is 9.49. The van der Waals surface area contributed by atoms with Crippen LogP contribution < -0.4 is 0 Å². The number of amides is 1. The number of carbonyl (C=O) groups excluding carboxylic acids is 2. The molecule has 4 rings (SSSR count). The number of esters is 1. The summed E-state index contributed by atoms with van der Waals surface area (Å²) in [6.45, 7) is 2.02. The number of aromatic nitrogens is 2. The van der Waals surface area contributed by atoms with Crippen LogP contribution >= 0.6 is 23.2 Å². The average Bonchev–Trinajstić information content (AvgIpc) is 3.16. The number of hydrogen-bond acceptors (Lipinski definition) is 4. The van der Waals surface area contributed by atoms with E-state index in [0.29, 0.717) is 28.0 Å². The van der Waals surface area contributed by atoms with Crippen molar-refractivity contribution in [3.63, 3.8) is 0 Å². The van der Waals surface area contributed by atoms with Gasteiger partial charge in [0.1, 0.15) is 5.15 Å². The third-order valence-corrected chi connectivity index (χ3v) is 8.10. The molecule has 1 aromatic heterocycles. The van der Waals surface area contributed by atoms with Gasteiger partial charge in [-0.05, 0) is 50.3 Å². The molecule has 0 saturated heterocycles. The molecule has 2 fully saturated rings. The van der Waals surface area contributed by atoms with Gasteiger partial charge in [0, 0.05) is 28.7 Å². The van der Waals surface area contributed by atoms with E-state index in [2.05, 4.69) is 10.00 Å². The molecule has 8 heteroatoms. The SMILES string of the molecule is Cc1nn(Cc2ccccc2Cl)c(Cl)c1/C=C/C(=O)OCC(=O)N(C1CCCCC1)C1CCCCC1. The summed E-state index contributed by atoms with van der Waals surface area (Å²) < 4.78 is 7.03. The standard InChI is InChI=1S/C28H35Cl2N3O3/c1-20-24(28(30)32(31-20)18-21-10-8-9-15-25(21)29)16-17-27(35)36-19-26(34)33(22-11-4-2-5-12-22)23-13-6-3-7-14-23/h8-10,15-17,22-23H,2-7,11-14,18-19H2,1H3/b17-16+. The van der Waals surface area contributed by atoms with E-state index >= 15 is 0 Å². The van der Waals surface area contributed by atoms with Crippen LogP contribution in [0.2, 0.25) is 10.2 Å². The van der Waals surface area contributed by atoms with Crippen LogP contribution in [0, 0.1) is 6.92 Å². The molecule has 0 aliphatic heterocycles. The first-order valence-corrected chi connectivity index (χ1v) is 13.8. The van der Waals surface area contributed by atoms with Crippen molar-refractivity contribution < 1.29 is 14.3 Å². The van der Waals surface area contributed by atoms with E-state index in [1.807, 2.05) is 31.2 Å². The zero-order valence-electron chi connectivity index (χ0n) is 20.9. The lowest BCUT2D eigenvalue weighted by Gasteiger charge is -2.41. The zero-order valence-corrected chi connectivity index (χ0v) is 22.4. The smallest absolute Gasteiger partial charge is 0.331 e. The van der Waals surface area contributed by atoms with E-state index in [1.165, 1.54) is 18.9 Å². The Hall–Kier alpha value is -2.31. The van der Waals surface area contributed by atoms with Gasteiger partial charge in [0.15, 0.2) is 6.61 Å². The molecule has 0 atom stereocenters. The predicted molar refractivity (Wildman–Crippen MR) is 143 cm³/mol. The van der Waals surface area contributed by atoms with Crippen molar-refractivity contribution in [2.75, 3.05) is 6.61 Å². The molecule has 0 bridgehead atoms. The number of hydrogen-bond donors (Lipinski definition) is 0. The van der Waals surface area contributed by atoms with Gasteiger partial charge in [0.2, 0.25) is 0 Å². The second-order valence-electron chi connectivity index (χ2n) is 9.86. The Balaban J connectivity index is 1.37. The first-order chi connectivity index (χ1) is 17.4.